The first-order valence-corrected chi connectivity index (χ1v) is 13.1. The molecule has 3 aromatic carbocycles. The van der Waals surface area contributed by atoms with Crippen LogP contribution in [0.1, 0.15) is 38.5 Å². The van der Waals surface area contributed by atoms with Gasteiger partial charge in [-0.15, -0.1) is 11.8 Å². The third-order valence-electron chi connectivity index (χ3n) is 7.88. The first kappa shape index (κ1) is 22.9. The Morgan fingerprint density at radius 1 is 1.06 bits per heavy atom. The molecule has 36 heavy (non-hydrogen) atoms. The number of amides is 1. The number of ketones is 1. The Labute approximate surface area is 213 Å². The molecule has 0 bridgehead atoms. The maximum absolute atomic E-state index is 14.4. The van der Waals surface area contributed by atoms with Crippen LogP contribution in [0.4, 0.5) is 11.4 Å². The van der Waals surface area contributed by atoms with E-state index in [2.05, 4.69) is 10.2 Å². The number of anilines is 1. The van der Waals surface area contributed by atoms with Crippen LogP contribution >= 0.6 is 11.8 Å². The molecule has 3 aliphatic rings. The second-order valence-electron chi connectivity index (χ2n) is 9.89. The first-order chi connectivity index (χ1) is 17.3. The number of non-ortho nitro benzene ring substituents is 1. The zero-order valence-electron chi connectivity index (χ0n) is 19.9. The van der Waals surface area contributed by atoms with Crippen molar-refractivity contribution >= 4 is 34.8 Å². The van der Waals surface area contributed by atoms with E-state index in [4.69, 9.17) is 0 Å². The van der Waals surface area contributed by atoms with Crippen molar-refractivity contribution in [3.8, 4) is 0 Å². The fraction of sp³-hybridized carbons (Fsp3) is 0.286. The van der Waals surface area contributed by atoms with Crippen LogP contribution in [0, 0.1) is 29.9 Å². The summed E-state index contributed by atoms with van der Waals surface area (Å²) in [7, 11) is 0. The summed E-state index contributed by atoms with van der Waals surface area (Å²) in [5, 5.41) is 14.4. The molecule has 2 saturated heterocycles. The summed E-state index contributed by atoms with van der Waals surface area (Å²) in [6.07, 6.45) is 0. The molecule has 3 aliphatic heterocycles. The van der Waals surface area contributed by atoms with Crippen LogP contribution in [-0.4, -0.2) is 39.2 Å². The van der Waals surface area contributed by atoms with Gasteiger partial charge in [0.1, 0.15) is 5.54 Å². The van der Waals surface area contributed by atoms with Crippen LogP contribution < -0.4 is 5.32 Å². The van der Waals surface area contributed by atoms with Crippen LogP contribution in [-0.2, 0) is 10.3 Å². The van der Waals surface area contributed by atoms with Crippen molar-refractivity contribution in [1.82, 2.24) is 4.90 Å². The third kappa shape index (κ3) is 3.17. The summed E-state index contributed by atoms with van der Waals surface area (Å²) < 4.78 is 0. The van der Waals surface area contributed by atoms with Gasteiger partial charge in [-0.05, 0) is 25.5 Å². The number of nitrogens with zero attached hydrogens (tertiary/aromatic N) is 2. The zero-order chi connectivity index (χ0) is 25.2. The van der Waals surface area contributed by atoms with E-state index < -0.39 is 16.4 Å². The molecule has 0 radical (unpaired) electrons. The van der Waals surface area contributed by atoms with Gasteiger partial charge in [0.25, 0.3) is 5.69 Å². The minimum atomic E-state index is -1.15. The Hall–Kier alpha value is -3.49. The number of carbonyl (C=O) groups excluding carboxylic acids is 2. The highest BCUT2D eigenvalue weighted by Gasteiger charge is 2.69. The summed E-state index contributed by atoms with van der Waals surface area (Å²) in [4.78, 5) is 41.5. The molecule has 0 aromatic heterocycles. The van der Waals surface area contributed by atoms with E-state index >= 15 is 0 Å². The lowest BCUT2D eigenvalue weighted by molar-refractivity contribution is -0.384. The number of rotatable bonds is 4. The van der Waals surface area contributed by atoms with Gasteiger partial charge in [0.05, 0.1) is 10.8 Å². The molecule has 1 spiro atoms. The van der Waals surface area contributed by atoms with Gasteiger partial charge >= 0.3 is 0 Å². The Bertz CT molecular complexity index is 1410. The fourth-order valence-corrected chi connectivity index (χ4v) is 7.60. The van der Waals surface area contributed by atoms with E-state index in [1.807, 2.05) is 56.3 Å². The smallest absolute Gasteiger partial charge is 0.269 e. The summed E-state index contributed by atoms with van der Waals surface area (Å²) >= 11 is 1.75. The number of nitrogens with one attached hydrogen (secondary N) is 1. The fourth-order valence-electron chi connectivity index (χ4n) is 6.28. The van der Waals surface area contributed by atoms with Gasteiger partial charge in [0, 0.05) is 52.5 Å². The molecule has 7 nitrogen and oxygen atoms in total. The van der Waals surface area contributed by atoms with E-state index in [0.29, 0.717) is 11.4 Å². The minimum absolute atomic E-state index is 0.00473. The van der Waals surface area contributed by atoms with Gasteiger partial charge in [0.2, 0.25) is 5.91 Å². The normalized spacial score (nSPS) is 26.6. The van der Waals surface area contributed by atoms with Crippen LogP contribution in [0.2, 0.25) is 0 Å². The number of thioether (sulfide) groups is 1. The second kappa shape index (κ2) is 8.28. The van der Waals surface area contributed by atoms with Crippen molar-refractivity contribution in [2.75, 3.05) is 16.9 Å². The summed E-state index contributed by atoms with van der Waals surface area (Å²) in [6.45, 7) is 3.97. The molecule has 3 aromatic rings. The zero-order valence-corrected chi connectivity index (χ0v) is 20.7. The van der Waals surface area contributed by atoms with Crippen molar-refractivity contribution in [3.05, 3.63) is 105 Å². The maximum atomic E-state index is 14.4. The second-order valence-corrected chi connectivity index (χ2v) is 10.9. The number of hydrogen-bond donors (Lipinski definition) is 1. The highest BCUT2D eigenvalue weighted by atomic mass is 32.2. The van der Waals surface area contributed by atoms with Gasteiger partial charge in [-0.3, -0.25) is 24.6 Å². The largest absolute Gasteiger partial charge is 0.324 e. The van der Waals surface area contributed by atoms with Crippen LogP contribution in [0.25, 0.3) is 0 Å². The lowest BCUT2D eigenvalue weighted by atomic mass is 9.69. The monoisotopic (exact) mass is 499 g/mol. The van der Waals surface area contributed by atoms with E-state index in [1.165, 1.54) is 12.1 Å². The Morgan fingerprint density at radius 3 is 2.44 bits per heavy atom. The first-order valence-electron chi connectivity index (χ1n) is 11.9. The Kier molecular flexibility index (Phi) is 5.28. The van der Waals surface area contributed by atoms with Crippen molar-refractivity contribution in [2.24, 2.45) is 5.92 Å². The van der Waals surface area contributed by atoms with Gasteiger partial charge < -0.3 is 5.32 Å². The van der Waals surface area contributed by atoms with E-state index in [0.717, 1.165) is 33.7 Å². The number of benzene rings is 3. The molecule has 3 heterocycles. The average Bonchev–Trinajstić information content (AvgIpc) is 3.52. The molecule has 3 unspecified atom stereocenters. The van der Waals surface area contributed by atoms with Gasteiger partial charge in [-0.1, -0.05) is 59.7 Å². The number of aryl methyl sites for hydroxylation is 2. The Morgan fingerprint density at radius 2 is 1.75 bits per heavy atom. The molecule has 0 aliphatic carbocycles. The van der Waals surface area contributed by atoms with E-state index in [-0.39, 0.29) is 29.3 Å². The van der Waals surface area contributed by atoms with Crippen molar-refractivity contribution in [3.63, 3.8) is 0 Å². The van der Waals surface area contributed by atoms with Crippen molar-refractivity contribution in [2.45, 2.75) is 31.3 Å². The lowest BCUT2D eigenvalue weighted by Gasteiger charge is -2.36. The number of nitro groups is 1. The van der Waals surface area contributed by atoms with E-state index in [1.54, 1.807) is 23.9 Å². The van der Waals surface area contributed by atoms with Crippen LogP contribution in [0.5, 0.6) is 0 Å². The number of carbonyl (C=O) groups is 2. The highest BCUT2D eigenvalue weighted by molar-refractivity contribution is 7.99. The molecule has 8 heteroatoms. The minimum Gasteiger partial charge on any atom is -0.324 e. The van der Waals surface area contributed by atoms with Crippen molar-refractivity contribution in [1.29, 1.82) is 0 Å². The van der Waals surface area contributed by atoms with E-state index in [9.17, 15) is 19.7 Å². The number of hydrogen-bond acceptors (Lipinski definition) is 6. The van der Waals surface area contributed by atoms with Gasteiger partial charge in [-0.2, -0.15) is 0 Å². The predicted octanol–water partition coefficient (Wildman–Crippen LogP) is 5.03. The third-order valence-corrected chi connectivity index (χ3v) is 8.92. The topological polar surface area (TPSA) is 92.5 Å². The predicted molar refractivity (Wildman–Crippen MR) is 139 cm³/mol. The number of nitro benzene ring substituents is 1. The summed E-state index contributed by atoms with van der Waals surface area (Å²) in [5.74, 6) is 0.164. The summed E-state index contributed by atoms with van der Waals surface area (Å²) in [5.41, 5.74) is 3.93. The van der Waals surface area contributed by atoms with Crippen LogP contribution in [0.3, 0.4) is 0 Å². The molecule has 0 saturated carbocycles. The molecule has 182 valence electrons. The lowest BCUT2D eigenvalue weighted by Crippen LogP contribution is -2.52. The van der Waals surface area contributed by atoms with Crippen molar-refractivity contribution < 1.29 is 14.5 Å². The molecule has 2 fully saturated rings. The van der Waals surface area contributed by atoms with Gasteiger partial charge in [-0.25, -0.2) is 0 Å². The molecule has 1 amide bonds. The molecular weight excluding hydrogens is 474 g/mol. The molecule has 6 rings (SSSR count). The summed E-state index contributed by atoms with van der Waals surface area (Å²) in [6, 6.07) is 19.8. The van der Waals surface area contributed by atoms with Crippen LogP contribution in [0.15, 0.2) is 66.7 Å². The van der Waals surface area contributed by atoms with Gasteiger partial charge in [0.15, 0.2) is 5.78 Å². The maximum Gasteiger partial charge on any atom is 0.269 e. The highest BCUT2D eigenvalue weighted by Crippen LogP contribution is 2.61. The quantitative estimate of drug-likeness (QED) is 0.308. The molecule has 1 N–H and O–H groups in total. The standard InChI is InChI=1S/C28H25N3O4S/c1-16-3-6-19(7-4-16)26(32)25-24(18-8-10-20(11-9-18)31(34)35)23-14-36-15-30(23)28(25)21-13-17(2)5-12-22(21)29-27(28)33/h3-13,23-25H,14-15H2,1-2H3,(H,29,33)/t23?,24?,25?,28-/m1/s1. The Balaban J connectivity index is 1.59. The molecular formula is C28H25N3O4S. The SMILES string of the molecule is Cc1ccc(C(=O)C2C(c3ccc([N+](=O)[O-])cc3)C3CSCN3[C@@]23C(=O)Nc2ccc(C)cc23)cc1. The molecule has 4 atom stereocenters. The average molecular weight is 500 g/mol. The number of fused-ring (bicyclic) bond motifs is 4. The number of Topliss-reactive ketones (excluding diaryl/α,β-unsaturated/α-hetero) is 1.